The van der Waals surface area contributed by atoms with Crippen molar-refractivity contribution in [2.24, 2.45) is 0 Å². The number of amides is 2. The van der Waals surface area contributed by atoms with E-state index < -0.39 is 0 Å². The van der Waals surface area contributed by atoms with Gasteiger partial charge in [0.15, 0.2) is 0 Å². The third-order valence-electron chi connectivity index (χ3n) is 4.99. The molecule has 1 aromatic rings. The van der Waals surface area contributed by atoms with Crippen molar-refractivity contribution in [2.75, 3.05) is 58.7 Å². The van der Waals surface area contributed by atoms with E-state index in [1.54, 1.807) is 26.3 Å². The number of carbonyl (C=O) groups excluding carboxylic acids is 2. The number of carbonyl (C=O) groups is 2. The molecule has 1 aromatic carbocycles. The van der Waals surface area contributed by atoms with Gasteiger partial charge in [-0.2, -0.15) is 0 Å². The van der Waals surface area contributed by atoms with Crippen LogP contribution in [0.25, 0.3) is 0 Å². The Balaban J connectivity index is 1.41. The lowest BCUT2D eigenvalue weighted by atomic mass is 10.3. The first-order valence-corrected chi connectivity index (χ1v) is 9.19. The molecule has 1 saturated heterocycles. The monoisotopic (exact) mass is 360 g/mol. The SMILES string of the molecule is COc1cccc(NC(=O)CN(C)C(=O)CN2CCN(C3CC3)CC2)c1. The Kier molecular flexibility index (Phi) is 6.11. The normalized spacial score (nSPS) is 18.4. The van der Waals surface area contributed by atoms with E-state index in [9.17, 15) is 9.59 Å². The van der Waals surface area contributed by atoms with Crippen LogP contribution in [0.15, 0.2) is 24.3 Å². The van der Waals surface area contributed by atoms with E-state index in [2.05, 4.69) is 15.1 Å². The van der Waals surface area contributed by atoms with E-state index in [0.29, 0.717) is 18.0 Å². The van der Waals surface area contributed by atoms with E-state index in [1.807, 2.05) is 12.1 Å². The number of nitrogens with one attached hydrogen (secondary N) is 1. The molecule has 0 unspecified atom stereocenters. The van der Waals surface area contributed by atoms with Gasteiger partial charge in [-0.25, -0.2) is 0 Å². The summed E-state index contributed by atoms with van der Waals surface area (Å²) >= 11 is 0. The number of ether oxygens (including phenoxy) is 1. The van der Waals surface area contributed by atoms with Gasteiger partial charge in [-0.3, -0.25) is 19.4 Å². The minimum Gasteiger partial charge on any atom is -0.497 e. The Morgan fingerprint density at radius 3 is 2.62 bits per heavy atom. The smallest absolute Gasteiger partial charge is 0.243 e. The van der Waals surface area contributed by atoms with Crippen molar-refractivity contribution < 1.29 is 14.3 Å². The van der Waals surface area contributed by atoms with Crippen molar-refractivity contribution in [2.45, 2.75) is 18.9 Å². The fourth-order valence-electron chi connectivity index (χ4n) is 3.24. The second-order valence-electron chi connectivity index (χ2n) is 7.07. The molecule has 0 spiro atoms. The summed E-state index contributed by atoms with van der Waals surface area (Å²) in [5.41, 5.74) is 0.659. The maximum Gasteiger partial charge on any atom is 0.243 e. The maximum absolute atomic E-state index is 12.4. The summed E-state index contributed by atoms with van der Waals surface area (Å²) in [6.07, 6.45) is 2.65. The first-order valence-electron chi connectivity index (χ1n) is 9.19. The van der Waals surface area contributed by atoms with E-state index in [-0.39, 0.29) is 18.4 Å². The molecule has 26 heavy (non-hydrogen) atoms. The van der Waals surface area contributed by atoms with Gasteiger partial charge in [0.1, 0.15) is 5.75 Å². The summed E-state index contributed by atoms with van der Waals surface area (Å²) in [4.78, 5) is 30.8. The molecule has 2 aliphatic rings. The summed E-state index contributed by atoms with van der Waals surface area (Å²) in [6, 6.07) is 7.95. The van der Waals surface area contributed by atoms with Gasteiger partial charge in [0.05, 0.1) is 20.2 Å². The second kappa shape index (κ2) is 8.51. The van der Waals surface area contributed by atoms with Crippen molar-refractivity contribution in [3.8, 4) is 5.75 Å². The van der Waals surface area contributed by atoms with Gasteiger partial charge >= 0.3 is 0 Å². The number of methoxy groups -OCH3 is 1. The lowest BCUT2D eigenvalue weighted by molar-refractivity contribution is -0.134. The molecule has 2 fully saturated rings. The highest BCUT2D eigenvalue weighted by Gasteiger charge is 2.31. The molecule has 1 heterocycles. The van der Waals surface area contributed by atoms with Crippen molar-refractivity contribution in [3.05, 3.63) is 24.3 Å². The zero-order chi connectivity index (χ0) is 18.5. The highest BCUT2D eigenvalue weighted by Crippen LogP contribution is 2.27. The lowest BCUT2D eigenvalue weighted by Gasteiger charge is -2.35. The molecule has 0 radical (unpaired) electrons. The number of anilines is 1. The van der Waals surface area contributed by atoms with Crippen LogP contribution in [0.4, 0.5) is 5.69 Å². The molecule has 3 rings (SSSR count). The van der Waals surface area contributed by atoms with Crippen LogP contribution in [0.2, 0.25) is 0 Å². The average molecular weight is 360 g/mol. The molecule has 2 amide bonds. The van der Waals surface area contributed by atoms with Crippen LogP contribution >= 0.6 is 0 Å². The highest BCUT2D eigenvalue weighted by atomic mass is 16.5. The molecule has 0 atom stereocenters. The molecule has 0 aromatic heterocycles. The second-order valence-corrected chi connectivity index (χ2v) is 7.07. The first-order chi connectivity index (χ1) is 12.5. The van der Waals surface area contributed by atoms with Crippen LogP contribution in [0.3, 0.4) is 0 Å². The maximum atomic E-state index is 12.4. The molecule has 1 aliphatic carbocycles. The zero-order valence-corrected chi connectivity index (χ0v) is 15.6. The van der Waals surface area contributed by atoms with Gasteiger partial charge in [0.2, 0.25) is 11.8 Å². The Bertz CT molecular complexity index is 639. The van der Waals surface area contributed by atoms with Crippen LogP contribution in [-0.4, -0.2) is 86.0 Å². The Morgan fingerprint density at radius 1 is 1.23 bits per heavy atom. The molecule has 1 aliphatic heterocycles. The van der Waals surface area contributed by atoms with Crippen molar-refractivity contribution in [3.63, 3.8) is 0 Å². The average Bonchev–Trinajstić information content (AvgIpc) is 3.47. The fraction of sp³-hybridized carbons (Fsp3) is 0.579. The van der Waals surface area contributed by atoms with Crippen LogP contribution in [0, 0.1) is 0 Å². The number of rotatable bonds is 7. The van der Waals surface area contributed by atoms with E-state index in [1.165, 1.54) is 17.7 Å². The third-order valence-corrected chi connectivity index (χ3v) is 4.99. The predicted molar refractivity (Wildman–Crippen MR) is 100 cm³/mol. The summed E-state index contributed by atoms with van der Waals surface area (Å²) in [5.74, 6) is 0.441. The van der Waals surface area contributed by atoms with Crippen LogP contribution in [0.1, 0.15) is 12.8 Å². The van der Waals surface area contributed by atoms with Crippen LogP contribution < -0.4 is 10.1 Å². The molecule has 1 saturated carbocycles. The lowest BCUT2D eigenvalue weighted by Crippen LogP contribution is -2.50. The predicted octanol–water partition coefficient (Wildman–Crippen LogP) is 0.872. The summed E-state index contributed by atoms with van der Waals surface area (Å²) in [5, 5.41) is 2.80. The standard InChI is InChI=1S/C19H28N4O3/c1-21(13-18(24)20-15-4-3-5-17(12-15)26-2)19(25)14-22-8-10-23(11-9-22)16-6-7-16/h3-5,12,16H,6-11,13-14H2,1-2H3,(H,20,24). The largest absolute Gasteiger partial charge is 0.497 e. The number of benzene rings is 1. The topological polar surface area (TPSA) is 65.1 Å². The Labute approximate surface area is 154 Å². The summed E-state index contributed by atoms with van der Waals surface area (Å²) in [6.45, 7) is 4.34. The number of nitrogens with zero attached hydrogens (tertiary/aromatic N) is 3. The van der Waals surface area contributed by atoms with E-state index >= 15 is 0 Å². The molecular weight excluding hydrogens is 332 g/mol. The molecular formula is C19H28N4O3. The van der Waals surface area contributed by atoms with Gasteiger partial charge in [-0.1, -0.05) is 6.07 Å². The van der Waals surface area contributed by atoms with Crippen molar-refractivity contribution >= 4 is 17.5 Å². The molecule has 1 N–H and O–H groups in total. The number of hydrogen-bond acceptors (Lipinski definition) is 5. The van der Waals surface area contributed by atoms with Gasteiger partial charge in [-0.05, 0) is 25.0 Å². The third kappa shape index (κ3) is 5.19. The van der Waals surface area contributed by atoms with Gasteiger partial charge in [0, 0.05) is 51.0 Å². The van der Waals surface area contributed by atoms with Crippen molar-refractivity contribution in [1.82, 2.24) is 14.7 Å². The minimum absolute atomic E-state index is 0.0225. The molecule has 142 valence electrons. The van der Waals surface area contributed by atoms with Gasteiger partial charge in [-0.15, -0.1) is 0 Å². The Hall–Kier alpha value is -2.12. The fourth-order valence-corrected chi connectivity index (χ4v) is 3.24. The number of hydrogen-bond donors (Lipinski definition) is 1. The zero-order valence-electron chi connectivity index (χ0n) is 15.6. The van der Waals surface area contributed by atoms with Gasteiger partial charge in [0.25, 0.3) is 0 Å². The Morgan fingerprint density at radius 2 is 1.96 bits per heavy atom. The summed E-state index contributed by atoms with van der Waals surface area (Å²) < 4.78 is 5.14. The summed E-state index contributed by atoms with van der Waals surface area (Å²) in [7, 11) is 3.26. The quantitative estimate of drug-likeness (QED) is 0.782. The van der Waals surface area contributed by atoms with Crippen molar-refractivity contribution in [1.29, 1.82) is 0 Å². The minimum atomic E-state index is -0.215. The van der Waals surface area contributed by atoms with E-state index in [0.717, 1.165) is 32.2 Å². The van der Waals surface area contributed by atoms with Gasteiger partial charge < -0.3 is 15.0 Å². The molecule has 0 bridgehead atoms. The molecule has 7 heteroatoms. The number of likely N-dealkylation sites (N-methyl/N-ethyl adjacent to an activating group) is 1. The van der Waals surface area contributed by atoms with Crippen LogP contribution in [0.5, 0.6) is 5.75 Å². The number of piperazine rings is 1. The van der Waals surface area contributed by atoms with E-state index in [4.69, 9.17) is 4.74 Å². The van der Waals surface area contributed by atoms with Crippen LogP contribution in [-0.2, 0) is 9.59 Å². The molecule has 7 nitrogen and oxygen atoms in total. The highest BCUT2D eigenvalue weighted by molar-refractivity contribution is 5.94. The first kappa shape index (κ1) is 18.7.